The van der Waals surface area contributed by atoms with Crippen molar-refractivity contribution in [3.63, 3.8) is 0 Å². The lowest BCUT2D eigenvalue weighted by Gasteiger charge is -2.29. The second-order valence-electron chi connectivity index (χ2n) is 6.22. The molecule has 1 aromatic heterocycles. The van der Waals surface area contributed by atoms with E-state index in [4.69, 9.17) is 10.1 Å². The summed E-state index contributed by atoms with van der Waals surface area (Å²) in [6.45, 7) is 5.51. The van der Waals surface area contributed by atoms with Crippen LogP contribution in [0, 0.1) is 5.92 Å². The molecule has 0 radical (unpaired) electrons. The molecule has 4 nitrogen and oxygen atoms in total. The molecule has 0 atom stereocenters. The summed E-state index contributed by atoms with van der Waals surface area (Å²) in [5.41, 5.74) is 1.08. The number of likely N-dealkylation sites (tertiary alicyclic amines) is 1. The number of carboxylic acid groups (broad SMARTS) is 1. The number of aromatic nitrogens is 1. The predicted octanol–water partition coefficient (Wildman–Crippen LogP) is 2.88. The molecule has 0 spiro atoms. The van der Waals surface area contributed by atoms with Gasteiger partial charge in [0.15, 0.2) is 0 Å². The van der Waals surface area contributed by atoms with Crippen LogP contribution in [-0.4, -0.2) is 34.0 Å². The molecule has 0 bridgehead atoms. The Hall–Kier alpha value is -0.940. The molecule has 1 aromatic rings. The maximum Gasteiger partial charge on any atom is 0.308 e. The van der Waals surface area contributed by atoms with Crippen molar-refractivity contribution in [3.05, 3.63) is 15.6 Å². The molecule has 1 N–H and O–H groups in total. The number of hydrogen-bond donors (Lipinski definition) is 1. The molecule has 2 aliphatic rings. The van der Waals surface area contributed by atoms with Crippen molar-refractivity contribution < 1.29 is 9.90 Å². The Bertz CT molecular complexity index is 488. The van der Waals surface area contributed by atoms with E-state index in [1.165, 1.54) is 25.7 Å². The average molecular weight is 294 g/mol. The van der Waals surface area contributed by atoms with Crippen molar-refractivity contribution in [1.29, 1.82) is 0 Å². The van der Waals surface area contributed by atoms with Gasteiger partial charge in [-0.15, -0.1) is 11.3 Å². The molecule has 1 aliphatic carbocycles. The summed E-state index contributed by atoms with van der Waals surface area (Å²) in [4.78, 5) is 19.2. The molecular weight excluding hydrogens is 272 g/mol. The summed E-state index contributed by atoms with van der Waals surface area (Å²) in [7, 11) is 0. The predicted molar refractivity (Wildman–Crippen MR) is 79.1 cm³/mol. The minimum absolute atomic E-state index is 0.139. The van der Waals surface area contributed by atoms with Crippen LogP contribution >= 0.6 is 11.3 Å². The summed E-state index contributed by atoms with van der Waals surface area (Å²) in [6.07, 6.45) is 5.03. The van der Waals surface area contributed by atoms with E-state index < -0.39 is 5.97 Å². The number of aliphatic carboxylic acids is 1. The number of rotatable bonds is 5. The van der Waals surface area contributed by atoms with Gasteiger partial charge in [-0.3, -0.25) is 9.69 Å². The molecule has 110 valence electrons. The van der Waals surface area contributed by atoms with Gasteiger partial charge in [-0.25, -0.2) is 4.98 Å². The quantitative estimate of drug-likeness (QED) is 0.907. The van der Waals surface area contributed by atoms with Crippen LogP contribution in [0.25, 0.3) is 0 Å². The van der Waals surface area contributed by atoms with Crippen LogP contribution in [0.1, 0.15) is 54.1 Å². The van der Waals surface area contributed by atoms with Gasteiger partial charge in [0.2, 0.25) is 0 Å². The highest BCUT2D eigenvalue weighted by molar-refractivity contribution is 7.11. The number of nitrogens with zero attached hydrogens (tertiary/aromatic N) is 2. The summed E-state index contributed by atoms with van der Waals surface area (Å²) >= 11 is 1.62. The van der Waals surface area contributed by atoms with Gasteiger partial charge in [-0.1, -0.05) is 6.92 Å². The topological polar surface area (TPSA) is 53.4 Å². The zero-order valence-electron chi connectivity index (χ0n) is 12.0. The number of carbonyl (C=O) groups is 1. The molecule has 20 heavy (non-hydrogen) atoms. The van der Waals surface area contributed by atoms with E-state index >= 15 is 0 Å². The van der Waals surface area contributed by atoms with Crippen LogP contribution < -0.4 is 0 Å². The molecule has 1 aliphatic heterocycles. The summed E-state index contributed by atoms with van der Waals surface area (Å²) in [6, 6.07) is 0. The standard InChI is InChI=1S/C15H22N2O2S/c1-10-4-6-17(7-5-10)9-13-16-15(11-2-3-11)12(20-13)8-14(18)19/h10-11H,2-9H2,1H3,(H,18,19). The van der Waals surface area contributed by atoms with Crippen molar-refractivity contribution in [1.82, 2.24) is 9.88 Å². The van der Waals surface area contributed by atoms with Crippen LogP contribution in [0.3, 0.4) is 0 Å². The first-order valence-electron chi connectivity index (χ1n) is 7.54. The Kier molecular flexibility index (Phi) is 4.08. The lowest BCUT2D eigenvalue weighted by Crippen LogP contribution is -2.32. The maximum atomic E-state index is 11.0. The Balaban J connectivity index is 1.68. The van der Waals surface area contributed by atoms with Gasteiger partial charge in [-0.05, 0) is 44.7 Å². The number of carboxylic acids is 1. The molecule has 0 unspecified atom stereocenters. The third-order valence-electron chi connectivity index (χ3n) is 4.28. The van der Waals surface area contributed by atoms with Crippen LogP contribution in [0.2, 0.25) is 0 Å². The Morgan fingerprint density at radius 1 is 1.35 bits per heavy atom. The molecule has 0 amide bonds. The van der Waals surface area contributed by atoms with Gasteiger partial charge < -0.3 is 5.11 Å². The van der Waals surface area contributed by atoms with Crippen molar-refractivity contribution in [2.24, 2.45) is 5.92 Å². The van der Waals surface area contributed by atoms with E-state index in [1.54, 1.807) is 11.3 Å². The fourth-order valence-corrected chi connectivity index (χ4v) is 4.02. The van der Waals surface area contributed by atoms with Gasteiger partial charge >= 0.3 is 5.97 Å². The summed E-state index contributed by atoms with van der Waals surface area (Å²) < 4.78 is 0. The third kappa shape index (κ3) is 3.38. The third-order valence-corrected chi connectivity index (χ3v) is 5.34. The minimum atomic E-state index is -0.742. The van der Waals surface area contributed by atoms with E-state index in [-0.39, 0.29) is 6.42 Å². The molecule has 2 fully saturated rings. The second-order valence-corrected chi connectivity index (χ2v) is 7.39. The largest absolute Gasteiger partial charge is 0.481 e. The van der Waals surface area contributed by atoms with E-state index in [0.29, 0.717) is 5.92 Å². The summed E-state index contributed by atoms with van der Waals surface area (Å²) in [5, 5.41) is 10.1. The average Bonchev–Trinajstić information content (AvgIpc) is 3.16. The minimum Gasteiger partial charge on any atom is -0.481 e. The van der Waals surface area contributed by atoms with Crippen LogP contribution in [0.5, 0.6) is 0 Å². The van der Waals surface area contributed by atoms with Crippen molar-refractivity contribution in [3.8, 4) is 0 Å². The first-order valence-corrected chi connectivity index (χ1v) is 8.36. The lowest BCUT2D eigenvalue weighted by atomic mass is 9.99. The Morgan fingerprint density at radius 2 is 2.05 bits per heavy atom. The van der Waals surface area contributed by atoms with Crippen LogP contribution in [0.4, 0.5) is 0 Å². The molecule has 1 saturated heterocycles. The number of thiazole rings is 1. The highest BCUT2D eigenvalue weighted by Gasteiger charge is 2.30. The van der Waals surface area contributed by atoms with E-state index in [2.05, 4.69) is 11.8 Å². The van der Waals surface area contributed by atoms with Crippen molar-refractivity contribution in [2.75, 3.05) is 13.1 Å². The zero-order chi connectivity index (χ0) is 14.1. The van der Waals surface area contributed by atoms with Gasteiger partial charge in [0.05, 0.1) is 18.7 Å². The van der Waals surface area contributed by atoms with Gasteiger partial charge in [0, 0.05) is 10.8 Å². The molecule has 0 aromatic carbocycles. The SMILES string of the molecule is CC1CCN(Cc2nc(C3CC3)c(CC(=O)O)s2)CC1. The maximum absolute atomic E-state index is 11.0. The second kappa shape index (κ2) is 5.82. The molecule has 1 saturated carbocycles. The molecule has 3 rings (SSSR count). The van der Waals surface area contributed by atoms with Crippen LogP contribution in [0.15, 0.2) is 0 Å². The monoisotopic (exact) mass is 294 g/mol. The lowest BCUT2D eigenvalue weighted by molar-refractivity contribution is -0.136. The molecular formula is C15H22N2O2S. The molecule has 5 heteroatoms. The van der Waals surface area contributed by atoms with Crippen molar-refractivity contribution in [2.45, 2.75) is 51.5 Å². The van der Waals surface area contributed by atoms with E-state index in [1.807, 2.05) is 0 Å². The fraction of sp³-hybridized carbons (Fsp3) is 0.733. The Morgan fingerprint density at radius 3 is 2.65 bits per heavy atom. The van der Waals surface area contributed by atoms with Crippen molar-refractivity contribution >= 4 is 17.3 Å². The smallest absolute Gasteiger partial charge is 0.308 e. The first kappa shape index (κ1) is 14.0. The normalized spacial score (nSPS) is 21.2. The summed E-state index contributed by atoms with van der Waals surface area (Å²) in [5.74, 6) is 0.636. The first-order chi connectivity index (χ1) is 9.61. The van der Waals surface area contributed by atoms with Gasteiger partial charge in [0.1, 0.15) is 5.01 Å². The highest BCUT2D eigenvalue weighted by atomic mass is 32.1. The Labute approximate surface area is 123 Å². The van der Waals surface area contributed by atoms with Gasteiger partial charge in [-0.2, -0.15) is 0 Å². The number of piperidine rings is 1. The fourth-order valence-electron chi connectivity index (χ4n) is 2.83. The van der Waals surface area contributed by atoms with Crippen LogP contribution in [-0.2, 0) is 17.8 Å². The molecule has 2 heterocycles. The van der Waals surface area contributed by atoms with E-state index in [0.717, 1.165) is 41.1 Å². The highest BCUT2D eigenvalue weighted by Crippen LogP contribution is 2.43. The van der Waals surface area contributed by atoms with Gasteiger partial charge in [0.25, 0.3) is 0 Å². The number of hydrogen-bond acceptors (Lipinski definition) is 4. The zero-order valence-corrected chi connectivity index (χ0v) is 12.8. The van der Waals surface area contributed by atoms with E-state index in [9.17, 15) is 4.79 Å².